The summed E-state index contributed by atoms with van der Waals surface area (Å²) in [5, 5.41) is 7.09. The normalized spacial score (nSPS) is 23.1. The van der Waals surface area contributed by atoms with Gasteiger partial charge >= 0.3 is 6.03 Å². The first-order chi connectivity index (χ1) is 15.1. The molecule has 1 aliphatic heterocycles. The second kappa shape index (κ2) is 8.52. The lowest BCUT2D eigenvalue weighted by atomic mass is 9.89. The first-order valence-corrected chi connectivity index (χ1v) is 11.8. The van der Waals surface area contributed by atoms with E-state index in [4.69, 9.17) is 4.42 Å². The minimum absolute atomic E-state index is 0.102. The highest BCUT2D eigenvalue weighted by molar-refractivity contribution is 5.95. The van der Waals surface area contributed by atoms with Gasteiger partial charge in [0, 0.05) is 37.8 Å². The van der Waals surface area contributed by atoms with E-state index in [1.165, 1.54) is 32.1 Å². The molecule has 31 heavy (non-hydrogen) atoms. The smallest absolute Gasteiger partial charge is 0.317 e. The van der Waals surface area contributed by atoms with Crippen molar-refractivity contribution in [3.63, 3.8) is 0 Å². The van der Waals surface area contributed by atoms with Crippen molar-refractivity contribution in [2.45, 2.75) is 51.4 Å². The number of pyridine rings is 1. The minimum atomic E-state index is -0.169. The third-order valence-corrected chi connectivity index (χ3v) is 7.73. The maximum absolute atomic E-state index is 12.5. The zero-order chi connectivity index (χ0) is 21.3. The van der Waals surface area contributed by atoms with Crippen molar-refractivity contribution in [2.24, 2.45) is 17.3 Å². The fraction of sp³-hybridized carbons (Fsp3) is 0.625. The number of amides is 3. The maximum atomic E-state index is 12.5. The number of urea groups is 1. The standard InChI is InChI=1S/C24H32N4O3/c29-22(20-12-18-6-9-25-16-21(18)31-20)26-15-19-13-24(19)7-10-28(11-8-24)23(30)27-14-17-4-2-1-3-5-17/h6,9,12,16-17,19H,1-5,7-8,10-11,13-15H2,(H,26,29)(H,27,30). The number of carbonyl (C=O) groups excluding carboxylic acids is 2. The molecule has 2 aliphatic carbocycles. The topological polar surface area (TPSA) is 87.5 Å². The lowest BCUT2D eigenvalue weighted by Crippen LogP contribution is -2.46. The number of hydrogen-bond acceptors (Lipinski definition) is 4. The molecule has 166 valence electrons. The number of piperidine rings is 1. The third kappa shape index (κ3) is 4.41. The predicted molar refractivity (Wildman–Crippen MR) is 118 cm³/mol. The molecule has 1 saturated heterocycles. The van der Waals surface area contributed by atoms with Gasteiger partial charge in [-0.2, -0.15) is 0 Å². The predicted octanol–water partition coefficient (Wildman–Crippen LogP) is 3.95. The third-order valence-electron chi connectivity index (χ3n) is 7.73. The summed E-state index contributed by atoms with van der Waals surface area (Å²) >= 11 is 0. The van der Waals surface area contributed by atoms with Gasteiger partial charge in [0.05, 0.1) is 6.20 Å². The van der Waals surface area contributed by atoms with Gasteiger partial charge in [0.2, 0.25) is 0 Å². The van der Waals surface area contributed by atoms with Crippen LogP contribution in [0.5, 0.6) is 0 Å². The van der Waals surface area contributed by atoms with E-state index in [9.17, 15) is 9.59 Å². The van der Waals surface area contributed by atoms with Gasteiger partial charge in [0.1, 0.15) is 0 Å². The molecule has 5 rings (SSSR count). The molecule has 7 heteroatoms. The van der Waals surface area contributed by atoms with Crippen molar-refractivity contribution in [1.82, 2.24) is 20.5 Å². The van der Waals surface area contributed by atoms with Gasteiger partial charge in [-0.25, -0.2) is 4.79 Å². The molecule has 3 heterocycles. The molecule has 7 nitrogen and oxygen atoms in total. The summed E-state index contributed by atoms with van der Waals surface area (Å²) in [4.78, 5) is 31.0. The summed E-state index contributed by atoms with van der Waals surface area (Å²) in [6, 6.07) is 3.70. The highest BCUT2D eigenvalue weighted by atomic mass is 16.3. The molecule has 2 N–H and O–H groups in total. The molecular formula is C24H32N4O3. The van der Waals surface area contributed by atoms with Crippen LogP contribution in [0.2, 0.25) is 0 Å². The zero-order valence-corrected chi connectivity index (χ0v) is 18.1. The van der Waals surface area contributed by atoms with E-state index < -0.39 is 0 Å². The summed E-state index contributed by atoms with van der Waals surface area (Å²) in [6.45, 7) is 3.13. The van der Waals surface area contributed by atoms with Crippen molar-refractivity contribution in [3.05, 3.63) is 30.3 Å². The zero-order valence-electron chi connectivity index (χ0n) is 18.1. The van der Waals surface area contributed by atoms with Crippen LogP contribution in [0.1, 0.15) is 61.9 Å². The van der Waals surface area contributed by atoms with Crippen LogP contribution < -0.4 is 10.6 Å². The first kappa shape index (κ1) is 20.3. The molecular weight excluding hydrogens is 392 g/mol. The molecule has 1 spiro atoms. The van der Waals surface area contributed by atoms with E-state index in [0.29, 0.717) is 35.1 Å². The Morgan fingerprint density at radius 2 is 1.94 bits per heavy atom. The Balaban J connectivity index is 1.05. The summed E-state index contributed by atoms with van der Waals surface area (Å²) in [5.74, 6) is 1.32. The first-order valence-electron chi connectivity index (χ1n) is 11.8. The van der Waals surface area contributed by atoms with E-state index in [2.05, 4.69) is 15.6 Å². The Labute approximate surface area is 182 Å². The SMILES string of the molecule is O=C(NCC1CC12CCN(C(=O)NCC1CCCCC1)CC2)c1cc2ccncc2o1. The number of rotatable bonds is 5. The second-order valence-electron chi connectivity index (χ2n) is 9.67. The lowest BCUT2D eigenvalue weighted by Gasteiger charge is -2.33. The van der Waals surface area contributed by atoms with Crippen molar-refractivity contribution in [1.29, 1.82) is 0 Å². The van der Waals surface area contributed by atoms with Gasteiger partial charge in [-0.05, 0) is 61.5 Å². The molecule has 3 aliphatic rings. The van der Waals surface area contributed by atoms with Gasteiger partial charge in [0.25, 0.3) is 5.91 Å². The molecule has 1 unspecified atom stereocenters. The van der Waals surface area contributed by atoms with Crippen molar-refractivity contribution in [2.75, 3.05) is 26.2 Å². The summed E-state index contributed by atoms with van der Waals surface area (Å²) < 4.78 is 5.60. The highest BCUT2D eigenvalue weighted by Gasteiger charge is 2.54. The Hall–Kier alpha value is -2.57. The number of furan rings is 1. The van der Waals surface area contributed by atoms with Crippen LogP contribution >= 0.6 is 0 Å². The number of nitrogens with zero attached hydrogens (tertiary/aromatic N) is 2. The van der Waals surface area contributed by atoms with Crippen molar-refractivity contribution < 1.29 is 14.0 Å². The van der Waals surface area contributed by atoms with Crippen LogP contribution in [-0.2, 0) is 0 Å². The van der Waals surface area contributed by atoms with Crippen LogP contribution in [0.3, 0.4) is 0 Å². The average molecular weight is 425 g/mol. The van der Waals surface area contributed by atoms with Crippen LogP contribution in [0, 0.1) is 17.3 Å². The number of likely N-dealkylation sites (tertiary alicyclic amines) is 1. The summed E-state index contributed by atoms with van der Waals surface area (Å²) in [7, 11) is 0. The van der Waals surface area contributed by atoms with Crippen molar-refractivity contribution in [3.8, 4) is 0 Å². The van der Waals surface area contributed by atoms with Crippen LogP contribution in [-0.4, -0.2) is 48.0 Å². The van der Waals surface area contributed by atoms with Crippen LogP contribution in [0.4, 0.5) is 4.79 Å². The minimum Gasteiger partial charge on any atom is -0.449 e. The number of fused-ring (bicyclic) bond motifs is 1. The maximum Gasteiger partial charge on any atom is 0.317 e. The van der Waals surface area contributed by atoms with Gasteiger partial charge in [0.15, 0.2) is 11.3 Å². The molecule has 1 atom stereocenters. The van der Waals surface area contributed by atoms with E-state index in [1.54, 1.807) is 18.5 Å². The average Bonchev–Trinajstić information content (AvgIpc) is 3.28. The molecule has 3 fully saturated rings. The molecule has 0 aromatic carbocycles. The second-order valence-corrected chi connectivity index (χ2v) is 9.67. The molecule has 2 saturated carbocycles. The van der Waals surface area contributed by atoms with Crippen molar-refractivity contribution >= 4 is 22.9 Å². The molecule has 3 amide bonds. The molecule has 2 aromatic rings. The number of hydrogen-bond donors (Lipinski definition) is 2. The molecule has 0 radical (unpaired) electrons. The Morgan fingerprint density at radius 1 is 1.13 bits per heavy atom. The Kier molecular flexibility index (Phi) is 5.59. The Morgan fingerprint density at radius 3 is 2.71 bits per heavy atom. The number of carbonyl (C=O) groups is 2. The van der Waals surface area contributed by atoms with E-state index in [1.807, 2.05) is 11.0 Å². The van der Waals surface area contributed by atoms with E-state index in [0.717, 1.165) is 44.3 Å². The largest absolute Gasteiger partial charge is 0.449 e. The van der Waals surface area contributed by atoms with Gasteiger partial charge < -0.3 is 20.0 Å². The Bertz CT molecular complexity index is 908. The fourth-order valence-electron chi connectivity index (χ4n) is 5.52. The monoisotopic (exact) mass is 424 g/mol. The summed E-state index contributed by atoms with van der Waals surface area (Å²) in [5.41, 5.74) is 0.926. The number of nitrogens with one attached hydrogen (secondary N) is 2. The fourth-order valence-corrected chi connectivity index (χ4v) is 5.52. The number of aromatic nitrogens is 1. The molecule has 2 aromatic heterocycles. The van der Waals surface area contributed by atoms with E-state index in [-0.39, 0.29) is 11.9 Å². The van der Waals surface area contributed by atoms with Crippen LogP contribution in [0.15, 0.2) is 28.9 Å². The van der Waals surface area contributed by atoms with E-state index >= 15 is 0 Å². The lowest BCUT2D eigenvalue weighted by molar-refractivity contribution is 0.0922. The molecule has 0 bridgehead atoms. The van der Waals surface area contributed by atoms with Gasteiger partial charge in [-0.15, -0.1) is 0 Å². The van der Waals surface area contributed by atoms with Gasteiger partial charge in [-0.3, -0.25) is 9.78 Å². The highest BCUT2D eigenvalue weighted by Crippen LogP contribution is 2.59. The summed E-state index contributed by atoms with van der Waals surface area (Å²) in [6.07, 6.45) is 13.0. The van der Waals surface area contributed by atoms with Crippen LogP contribution in [0.25, 0.3) is 11.0 Å². The quantitative estimate of drug-likeness (QED) is 0.761. The van der Waals surface area contributed by atoms with Gasteiger partial charge in [-0.1, -0.05) is 19.3 Å².